The highest BCUT2D eigenvalue weighted by Crippen LogP contribution is 2.33. The molecule has 0 unspecified atom stereocenters. The SMILES string of the molecule is COc1ccc(C2=NN(C(=O)COC(=O)C3=COCCO3)[C@@H](c3ccco3)C2)cc1. The molecule has 0 saturated heterocycles. The van der Waals surface area contributed by atoms with Gasteiger partial charge in [0, 0.05) is 6.42 Å². The number of benzene rings is 1. The zero-order valence-corrected chi connectivity index (χ0v) is 16.3. The van der Waals surface area contributed by atoms with Crippen LogP contribution in [0.4, 0.5) is 0 Å². The Balaban J connectivity index is 1.49. The summed E-state index contributed by atoms with van der Waals surface area (Å²) in [5, 5.41) is 5.77. The van der Waals surface area contributed by atoms with Gasteiger partial charge in [-0.2, -0.15) is 5.10 Å². The lowest BCUT2D eigenvalue weighted by Gasteiger charge is -2.20. The second kappa shape index (κ2) is 8.73. The maximum absolute atomic E-state index is 12.8. The number of hydrazone groups is 1. The van der Waals surface area contributed by atoms with E-state index in [-0.39, 0.29) is 12.4 Å². The second-order valence-corrected chi connectivity index (χ2v) is 6.53. The van der Waals surface area contributed by atoms with Gasteiger partial charge in [-0.3, -0.25) is 4.79 Å². The van der Waals surface area contributed by atoms with Crippen molar-refractivity contribution in [2.45, 2.75) is 12.5 Å². The molecule has 2 aromatic rings. The van der Waals surface area contributed by atoms with Crippen molar-refractivity contribution < 1.29 is 33.0 Å². The Hall–Kier alpha value is -3.75. The van der Waals surface area contributed by atoms with Crippen molar-refractivity contribution in [3.8, 4) is 5.75 Å². The molecule has 9 nitrogen and oxygen atoms in total. The first-order chi connectivity index (χ1) is 14.7. The van der Waals surface area contributed by atoms with Crippen molar-refractivity contribution in [3.63, 3.8) is 0 Å². The van der Waals surface area contributed by atoms with E-state index in [1.807, 2.05) is 24.3 Å². The van der Waals surface area contributed by atoms with Crippen LogP contribution in [-0.2, 0) is 23.8 Å². The lowest BCUT2D eigenvalue weighted by molar-refractivity contribution is -0.153. The van der Waals surface area contributed by atoms with Crippen molar-refractivity contribution in [3.05, 3.63) is 66.0 Å². The van der Waals surface area contributed by atoms with Crippen LogP contribution in [0.25, 0.3) is 0 Å². The number of carbonyl (C=O) groups is 2. The van der Waals surface area contributed by atoms with E-state index in [9.17, 15) is 9.59 Å². The Morgan fingerprint density at radius 1 is 1.20 bits per heavy atom. The Morgan fingerprint density at radius 2 is 2.03 bits per heavy atom. The van der Waals surface area contributed by atoms with Gasteiger partial charge in [-0.15, -0.1) is 0 Å². The topological polar surface area (TPSA) is 99.8 Å². The highest BCUT2D eigenvalue weighted by atomic mass is 16.6. The van der Waals surface area contributed by atoms with Crippen LogP contribution in [0.15, 0.2) is 64.2 Å². The molecule has 1 aromatic carbocycles. The second-order valence-electron chi connectivity index (χ2n) is 6.53. The van der Waals surface area contributed by atoms with E-state index in [0.717, 1.165) is 11.3 Å². The van der Waals surface area contributed by atoms with Crippen molar-refractivity contribution >= 4 is 17.6 Å². The standard InChI is InChI=1S/C21H20N2O7/c1-26-15-6-4-14(5-7-15)16-11-17(18-3-2-8-28-18)23(22-16)20(24)13-30-21(25)19-12-27-9-10-29-19/h2-8,12,17H,9-11,13H2,1H3/t17-/m1/s1. The summed E-state index contributed by atoms with van der Waals surface area (Å²) >= 11 is 0. The fraction of sp³-hybridized carbons (Fsp3) is 0.286. The van der Waals surface area contributed by atoms with E-state index in [1.165, 1.54) is 17.5 Å². The molecule has 3 heterocycles. The number of amides is 1. The summed E-state index contributed by atoms with van der Waals surface area (Å²) in [7, 11) is 1.59. The molecule has 0 spiro atoms. The first kappa shape index (κ1) is 19.6. The smallest absolute Gasteiger partial charge is 0.377 e. The third-order valence-electron chi connectivity index (χ3n) is 4.64. The van der Waals surface area contributed by atoms with Gasteiger partial charge in [0.05, 0.1) is 19.1 Å². The number of esters is 1. The van der Waals surface area contributed by atoms with E-state index in [1.54, 1.807) is 19.2 Å². The Kier molecular flexibility index (Phi) is 5.69. The molecule has 0 saturated carbocycles. The predicted octanol–water partition coefficient (Wildman–Crippen LogP) is 2.40. The van der Waals surface area contributed by atoms with E-state index < -0.39 is 24.5 Å². The van der Waals surface area contributed by atoms with Crippen LogP contribution in [0.2, 0.25) is 0 Å². The minimum atomic E-state index is -0.767. The summed E-state index contributed by atoms with van der Waals surface area (Å²) in [6.45, 7) is 0.115. The van der Waals surface area contributed by atoms with Crippen LogP contribution in [0, 0.1) is 0 Å². The lowest BCUT2D eigenvalue weighted by Crippen LogP contribution is -2.31. The van der Waals surface area contributed by atoms with Gasteiger partial charge in [-0.25, -0.2) is 9.80 Å². The Morgan fingerprint density at radius 3 is 2.70 bits per heavy atom. The Labute approximate surface area is 172 Å². The summed E-state index contributed by atoms with van der Waals surface area (Å²) < 4.78 is 25.9. The summed E-state index contributed by atoms with van der Waals surface area (Å²) in [6.07, 6.45) is 3.18. The monoisotopic (exact) mass is 412 g/mol. The molecular weight excluding hydrogens is 392 g/mol. The van der Waals surface area contributed by atoms with Crippen molar-refractivity contribution in [1.82, 2.24) is 5.01 Å². The molecule has 1 amide bonds. The zero-order valence-electron chi connectivity index (χ0n) is 16.3. The summed E-state index contributed by atoms with van der Waals surface area (Å²) in [4.78, 5) is 24.8. The number of rotatable bonds is 6. The van der Waals surface area contributed by atoms with Gasteiger partial charge in [0.25, 0.3) is 5.91 Å². The van der Waals surface area contributed by atoms with Crippen LogP contribution in [0.1, 0.15) is 23.8 Å². The Bertz CT molecular complexity index is 964. The van der Waals surface area contributed by atoms with Gasteiger partial charge in [0.15, 0.2) is 6.61 Å². The quantitative estimate of drug-likeness (QED) is 0.672. The minimum absolute atomic E-state index is 0.0690. The summed E-state index contributed by atoms with van der Waals surface area (Å²) in [5.41, 5.74) is 1.57. The molecule has 30 heavy (non-hydrogen) atoms. The van der Waals surface area contributed by atoms with Gasteiger partial charge < -0.3 is 23.4 Å². The van der Waals surface area contributed by atoms with Crippen molar-refractivity contribution in [2.75, 3.05) is 26.9 Å². The van der Waals surface area contributed by atoms with Gasteiger partial charge in [-0.05, 0) is 42.0 Å². The van der Waals surface area contributed by atoms with Crippen LogP contribution in [-0.4, -0.2) is 49.5 Å². The molecule has 1 aromatic heterocycles. The number of ether oxygens (including phenoxy) is 4. The molecule has 156 valence electrons. The number of hydrogen-bond donors (Lipinski definition) is 0. The molecule has 1 atom stereocenters. The van der Waals surface area contributed by atoms with Gasteiger partial charge >= 0.3 is 5.97 Å². The average molecular weight is 412 g/mol. The van der Waals surface area contributed by atoms with Crippen molar-refractivity contribution in [2.24, 2.45) is 5.10 Å². The highest BCUT2D eigenvalue weighted by Gasteiger charge is 2.35. The van der Waals surface area contributed by atoms with Gasteiger partial charge in [0.1, 0.15) is 37.0 Å². The molecule has 4 rings (SSSR count). The van der Waals surface area contributed by atoms with Gasteiger partial charge in [0.2, 0.25) is 5.76 Å². The maximum Gasteiger partial charge on any atom is 0.377 e. The number of nitrogens with zero attached hydrogens (tertiary/aromatic N) is 2. The van der Waals surface area contributed by atoms with E-state index in [4.69, 9.17) is 23.4 Å². The molecule has 0 aliphatic carbocycles. The molecule has 0 radical (unpaired) electrons. The third kappa shape index (κ3) is 4.14. The average Bonchev–Trinajstić information content (AvgIpc) is 3.48. The van der Waals surface area contributed by atoms with Crippen LogP contribution >= 0.6 is 0 Å². The van der Waals surface area contributed by atoms with Crippen LogP contribution in [0.5, 0.6) is 5.75 Å². The van der Waals surface area contributed by atoms with Crippen LogP contribution < -0.4 is 4.74 Å². The minimum Gasteiger partial charge on any atom is -0.497 e. The van der Waals surface area contributed by atoms with Gasteiger partial charge in [-0.1, -0.05) is 0 Å². The molecule has 9 heteroatoms. The number of hydrogen-bond acceptors (Lipinski definition) is 8. The number of carbonyl (C=O) groups excluding carboxylic acids is 2. The predicted molar refractivity (Wildman–Crippen MR) is 103 cm³/mol. The van der Waals surface area contributed by atoms with E-state index >= 15 is 0 Å². The largest absolute Gasteiger partial charge is 0.497 e. The van der Waals surface area contributed by atoms with Crippen molar-refractivity contribution in [1.29, 1.82) is 0 Å². The molecule has 2 aliphatic rings. The fourth-order valence-corrected chi connectivity index (χ4v) is 3.14. The zero-order chi connectivity index (χ0) is 20.9. The van der Waals surface area contributed by atoms with E-state index in [0.29, 0.717) is 24.5 Å². The summed E-state index contributed by atoms with van der Waals surface area (Å²) in [6, 6.07) is 10.5. The molecule has 0 N–H and O–H groups in total. The lowest BCUT2D eigenvalue weighted by atomic mass is 10.0. The number of furan rings is 1. The summed E-state index contributed by atoms with van der Waals surface area (Å²) in [5.74, 6) is -0.00104. The molecule has 0 fully saturated rings. The fourth-order valence-electron chi connectivity index (χ4n) is 3.14. The van der Waals surface area contributed by atoms with Crippen LogP contribution in [0.3, 0.4) is 0 Å². The first-order valence-corrected chi connectivity index (χ1v) is 9.35. The molecular formula is C21H20N2O7. The third-order valence-corrected chi connectivity index (χ3v) is 4.64. The maximum atomic E-state index is 12.8. The highest BCUT2D eigenvalue weighted by molar-refractivity contribution is 6.03. The van der Waals surface area contributed by atoms with E-state index in [2.05, 4.69) is 5.10 Å². The number of methoxy groups -OCH3 is 1. The normalized spacial score (nSPS) is 18.0. The molecule has 2 aliphatic heterocycles. The molecule has 0 bridgehead atoms. The first-order valence-electron chi connectivity index (χ1n) is 9.35.